The minimum atomic E-state index is 0.229. The molecule has 0 saturated heterocycles. The number of rotatable bonds is 5. The van der Waals surface area contributed by atoms with Gasteiger partial charge in [0.25, 0.3) is 0 Å². The lowest BCUT2D eigenvalue weighted by molar-refractivity contribution is -0.114. The number of aryl methyl sites for hydroxylation is 1. The number of carbonyl (C=O) groups is 1. The molecule has 0 saturated carbocycles. The molecular weight excluding hydrogens is 184 g/mol. The van der Waals surface area contributed by atoms with Crippen molar-refractivity contribution in [1.82, 2.24) is 9.97 Å². The van der Waals surface area contributed by atoms with Crippen LogP contribution >= 0.6 is 11.8 Å². The monoisotopic (exact) mass is 196 g/mol. The molecule has 13 heavy (non-hydrogen) atoms. The normalized spacial score (nSPS) is 9.92. The fourth-order valence-electron chi connectivity index (χ4n) is 0.859. The molecule has 1 rings (SSSR count). The molecular formula is C9H12N2OS. The van der Waals surface area contributed by atoms with Gasteiger partial charge >= 0.3 is 0 Å². The molecule has 3 nitrogen and oxygen atoms in total. The van der Waals surface area contributed by atoms with E-state index in [0.717, 1.165) is 17.9 Å². The van der Waals surface area contributed by atoms with E-state index < -0.39 is 0 Å². The zero-order chi connectivity index (χ0) is 9.52. The van der Waals surface area contributed by atoms with Gasteiger partial charge in [0.15, 0.2) is 0 Å². The molecule has 0 amide bonds. The Bertz CT molecular complexity index is 264. The van der Waals surface area contributed by atoms with Crippen LogP contribution in [0.1, 0.15) is 12.6 Å². The Kier molecular flexibility index (Phi) is 4.46. The van der Waals surface area contributed by atoms with E-state index in [0.29, 0.717) is 5.75 Å². The first-order valence-electron chi connectivity index (χ1n) is 4.11. The largest absolute Gasteiger partial charge is 0.299 e. The van der Waals surface area contributed by atoms with Gasteiger partial charge in [0, 0.05) is 11.9 Å². The van der Waals surface area contributed by atoms with Gasteiger partial charge < -0.3 is 0 Å². The molecule has 0 atom stereocenters. The highest BCUT2D eigenvalue weighted by molar-refractivity contribution is 7.99. The van der Waals surface area contributed by atoms with Gasteiger partial charge in [0.1, 0.15) is 12.1 Å². The Morgan fingerprint density at radius 2 is 2.46 bits per heavy atom. The van der Waals surface area contributed by atoms with Crippen molar-refractivity contribution in [2.75, 3.05) is 11.5 Å². The van der Waals surface area contributed by atoms with Gasteiger partial charge in [-0.25, -0.2) is 9.97 Å². The highest BCUT2D eigenvalue weighted by Gasteiger charge is 1.96. The van der Waals surface area contributed by atoms with E-state index >= 15 is 0 Å². The van der Waals surface area contributed by atoms with Crippen LogP contribution in [0.3, 0.4) is 0 Å². The summed E-state index contributed by atoms with van der Waals surface area (Å²) in [6.45, 7) is 1.61. The van der Waals surface area contributed by atoms with E-state index in [9.17, 15) is 4.79 Å². The van der Waals surface area contributed by atoms with Crippen LogP contribution in [0.15, 0.2) is 18.6 Å². The average Bonchev–Trinajstić information content (AvgIpc) is 2.14. The molecule has 0 aromatic carbocycles. The van der Waals surface area contributed by atoms with Gasteiger partial charge in [0.05, 0.1) is 5.75 Å². The van der Waals surface area contributed by atoms with E-state index in [1.54, 1.807) is 31.2 Å². The first kappa shape index (κ1) is 10.2. The third-order valence-corrected chi connectivity index (χ3v) is 2.55. The van der Waals surface area contributed by atoms with E-state index in [1.165, 1.54) is 0 Å². The van der Waals surface area contributed by atoms with Crippen LogP contribution in [0.5, 0.6) is 0 Å². The molecule has 1 heterocycles. The summed E-state index contributed by atoms with van der Waals surface area (Å²) < 4.78 is 0. The minimum Gasteiger partial charge on any atom is -0.299 e. The number of Topliss-reactive ketones (excluding diaryl/α,β-unsaturated/α-hetero) is 1. The van der Waals surface area contributed by atoms with Crippen molar-refractivity contribution in [2.24, 2.45) is 0 Å². The Morgan fingerprint density at radius 3 is 3.08 bits per heavy atom. The zero-order valence-electron chi connectivity index (χ0n) is 7.56. The molecule has 70 valence electrons. The third-order valence-electron chi connectivity index (χ3n) is 1.45. The van der Waals surface area contributed by atoms with Crippen molar-refractivity contribution in [3.8, 4) is 0 Å². The van der Waals surface area contributed by atoms with Gasteiger partial charge in [0.2, 0.25) is 0 Å². The lowest BCUT2D eigenvalue weighted by Crippen LogP contribution is -1.97. The SMILES string of the molecule is CC(=O)CSCCc1ccncn1. The first-order chi connectivity index (χ1) is 6.29. The number of thioether (sulfide) groups is 1. The molecule has 0 aliphatic rings. The van der Waals surface area contributed by atoms with Crippen LogP contribution in [0, 0.1) is 0 Å². The van der Waals surface area contributed by atoms with Crippen molar-refractivity contribution in [2.45, 2.75) is 13.3 Å². The Morgan fingerprint density at radius 1 is 1.62 bits per heavy atom. The number of ketones is 1. The Labute approximate surface area is 82.0 Å². The van der Waals surface area contributed by atoms with E-state index in [2.05, 4.69) is 9.97 Å². The number of hydrogen-bond donors (Lipinski definition) is 0. The lowest BCUT2D eigenvalue weighted by atomic mass is 10.3. The maximum absolute atomic E-state index is 10.6. The fraction of sp³-hybridized carbons (Fsp3) is 0.444. The summed E-state index contributed by atoms with van der Waals surface area (Å²) in [4.78, 5) is 18.5. The second-order valence-corrected chi connectivity index (χ2v) is 3.81. The van der Waals surface area contributed by atoms with Crippen molar-refractivity contribution < 1.29 is 4.79 Å². The molecule has 0 fully saturated rings. The molecule has 0 N–H and O–H groups in total. The summed E-state index contributed by atoms with van der Waals surface area (Å²) in [7, 11) is 0. The lowest BCUT2D eigenvalue weighted by Gasteiger charge is -1.98. The highest BCUT2D eigenvalue weighted by atomic mass is 32.2. The average molecular weight is 196 g/mol. The van der Waals surface area contributed by atoms with E-state index in [4.69, 9.17) is 0 Å². The molecule has 1 aromatic heterocycles. The Balaban J connectivity index is 2.17. The van der Waals surface area contributed by atoms with Crippen LogP contribution in [-0.2, 0) is 11.2 Å². The fourth-order valence-corrected chi connectivity index (χ4v) is 1.64. The molecule has 0 spiro atoms. The second-order valence-electron chi connectivity index (χ2n) is 2.71. The van der Waals surface area contributed by atoms with Gasteiger partial charge in [-0.1, -0.05) is 0 Å². The topological polar surface area (TPSA) is 42.9 Å². The molecule has 1 aromatic rings. The molecule has 0 bridgehead atoms. The predicted octanol–water partition coefficient (Wildman–Crippen LogP) is 1.34. The third kappa shape index (κ3) is 4.62. The predicted molar refractivity (Wildman–Crippen MR) is 53.7 cm³/mol. The molecule has 4 heteroatoms. The van der Waals surface area contributed by atoms with Gasteiger partial charge in [-0.05, 0) is 25.2 Å². The summed E-state index contributed by atoms with van der Waals surface area (Å²) in [6.07, 6.45) is 4.18. The van der Waals surface area contributed by atoms with Gasteiger partial charge in [-0.2, -0.15) is 11.8 Å². The highest BCUT2D eigenvalue weighted by Crippen LogP contribution is 2.03. The van der Waals surface area contributed by atoms with E-state index in [-0.39, 0.29) is 5.78 Å². The standard InChI is InChI=1S/C9H12N2OS/c1-8(12)6-13-5-3-9-2-4-10-7-11-9/h2,4,7H,3,5-6H2,1H3. The van der Waals surface area contributed by atoms with Crippen molar-refractivity contribution in [1.29, 1.82) is 0 Å². The summed E-state index contributed by atoms with van der Waals surface area (Å²) in [5.74, 6) is 1.77. The maximum atomic E-state index is 10.6. The number of carbonyl (C=O) groups excluding carboxylic acids is 1. The van der Waals surface area contributed by atoms with Gasteiger partial charge in [-0.15, -0.1) is 0 Å². The van der Waals surface area contributed by atoms with Crippen LogP contribution < -0.4 is 0 Å². The number of nitrogens with zero attached hydrogens (tertiary/aromatic N) is 2. The number of aromatic nitrogens is 2. The van der Waals surface area contributed by atoms with Crippen molar-refractivity contribution in [3.63, 3.8) is 0 Å². The molecule has 0 radical (unpaired) electrons. The van der Waals surface area contributed by atoms with Gasteiger partial charge in [-0.3, -0.25) is 4.79 Å². The summed E-state index contributed by atoms with van der Waals surface area (Å²) in [6, 6.07) is 1.90. The quantitative estimate of drug-likeness (QED) is 0.666. The van der Waals surface area contributed by atoms with Crippen molar-refractivity contribution >= 4 is 17.5 Å². The molecule has 0 unspecified atom stereocenters. The second kappa shape index (κ2) is 5.70. The van der Waals surface area contributed by atoms with Crippen molar-refractivity contribution in [3.05, 3.63) is 24.3 Å². The van der Waals surface area contributed by atoms with Crippen LogP contribution in [0.2, 0.25) is 0 Å². The van der Waals surface area contributed by atoms with E-state index in [1.807, 2.05) is 6.07 Å². The number of hydrogen-bond acceptors (Lipinski definition) is 4. The minimum absolute atomic E-state index is 0.229. The Hall–Kier alpha value is -0.900. The summed E-state index contributed by atoms with van der Waals surface area (Å²) in [5, 5.41) is 0. The van der Waals surface area contributed by atoms with Crippen LogP contribution in [0.4, 0.5) is 0 Å². The first-order valence-corrected chi connectivity index (χ1v) is 5.26. The summed E-state index contributed by atoms with van der Waals surface area (Å²) >= 11 is 1.65. The summed E-state index contributed by atoms with van der Waals surface area (Å²) in [5.41, 5.74) is 1.03. The zero-order valence-corrected chi connectivity index (χ0v) is 8.38. The molecule has 0 aliphatic heterocycles. The smallest absolute Gasteiger partial charge is 0.139 e. The maximum Gasteiger partial charge on any atom is 0.139 e. The van der Waals surface area contributed by atoms with Crippen LogP contribution in [0.25, 0.3) is 0 Å². The molecule has 0 aliphatic carbocycles. The van der Waals surface area contributed by atoms with Crippen LogP contribution in [-0.4, -0.2) is 27.3 Å².